The highest BCUT2D eigenvalue weighted by atomic mass is 35.5. The van der Waals surface area contributed by atoms with Gasteiger partial charge in [-0.3, -0.25) is 0 Å². The summed E-state index contributed by atoms with van der Waals surface area (Å²) in [5.74, 6) is 0. The lowest BCUT2D eigenvalue weighted by Crippen LogP contribution is -2.02. The molecular formula is C11H15Cl2NO. The number of unbranched alkanes of at least 4 members (excludes halogenated alkanes) is 2. The van der Waals surface area contributed by atoms with Crippen LogP contribution in [0.25, 0.3) is 0 Å². The average Bonchev–Trinajstić information content (AvgIpc) is 2.20. The second kappa shape index (κ2) is 6.94. The van der Waals surface area contributed by atoms with Crippen molar-refractivity contribution in [3.05, 3.63) is 28.2 Å². The molecule has 2 N–H and O–H groups in total. The lowest BCUT2D eigenvalue weighted by atomic mass is 10.2. The van der Waals surface area contributed by atoms with E-state index in [9.17, 15) is 0 Å². The highest BCUT2D eigenvalue weighted by Gasteiger charge is 1.99. The van der Waals surface area contributed by atoms with E-state index in [4.69, 9.17) is 28.3 Å². The number of anilines is 1. The Morgan fingerprint density at radius 1 is 1.13 bits per heavy atom. The van der Waals surface area contributed by atoms with Gasteiger partial charge < -0.3 is 10.4 Å². The Labute approximate surface area is 100 Å². The number of aliphatic hydroxyl groups excluding tert-OH is 1. The molecule has 1 aromatic rings. The van der Waals surface area contributed by atoms with Crippen LogP contribution in [-0.4, -0.2) is 18.3 Å². The minimum Gasteiger partial charge on any atom is -0.396 e. The normalized spacial score (nSPS) is 10.3. The van der Waals surface area contributed by atoms with Gasteiger partial charge in [0.2, 0.25) is 0 Å². The second-order valence-corrected chi connectivity index (χ2v) is 4.18. The third-order valence-corrected chi connectivity index (χ3v) is 2.63. The highest BCUT2D eigenvalue weighted by molar-refractivity contribution is 6.36. The molecule has 0 saturated carbocycles. The molecule has 0 aliphatic heterocycles. The van der Waals surface area contributed by atoms with E-state index in [-0.39, 0.29) is 6.61 Å². The van der Waals surface area contributed by atoms with E-state index in [1.54, 1.807) is 6.07 Å². The highest BCUT2D eigenvalue weighted by Crippen LogP contribution is 2.25. The van der Waals surface area contributed by atoms with Crippen LogP contribution >= 0.6 is 23.2 Å². The van der Waals surface area contributed by atoms with Crippen molar-refractivity contribution in [2.24, 2.45) is 0 Å². The summed E-state index contributed by atoms with van der Waals surface area (Å²) in [6.07, 6.45) is 2.91. The standard InChI is InChI=1S/C11H15Cl2NO/c12-9-4-5-11(10(13)8-9)14-6-2-1-3-7-15/h4-5,8,14-15H,1-3,6-7H2. The number of halogens is 2. The van der Waals surface area contributed by atoms with E-state index in [2.05, 4.69) is 5.32 Å². The molecule has 0 bridgehead atoms. The molecule has 0 aliphatic rings. The van der Waals surface area contributed by atoms with Gasteiger partial charge in [-0.2, -0.15) is 0 Å². The molecule has 0 fully saturated rings. The van der Waals surface area contributed by atoms with Gasteiger partial charge >= 0.3 is 0 Å². The van der Waals surface area contributed by atoms with Crippen molar-refractivity contribution in [2.45, 2.75) is 19.3 Å². The predicted octanol–water partition coefficient (Wildman–Crippen LogP) is 3.57. The molecule has 0 saturated heterocycles. The quantitative estimate of drug-likeness (QED) is 0.754. The van der Waals surface area contributed by atoms with Crippen molar-refractivity contribution in [3.8, 4) is 0 Å². The van der Waals surface area contributed by atoms with Gasteiger partial charge in [0.25, 0.3) is 0 Å². The Balaban J connectivity index is 2.31. The number of aliphatic hydroxyl groups is 1. The van der Waals surface area contributed by atoms with Crippen LogP contribution in [0.5, 0.6) is 0 Å². The van der Waals surface area contributed by atoms with Crippen LogP contribution in [0.15, 0.2) is 18.2 Å². The molecule has 1 rings (SSSR count). The Kier molecular flexibility index (Phi) is 5.84. The largest absolute Gasteiger partial charge is 0.396 e. The summed E-state index contributed by atoms with van der Waals surface area (Å²) in [6.45, 7) is 1.13. The minimum absolute atomic E-state index is 0.266. The Morgan fingerprint density at radius 2 is 1.93 bits per heavy atom. The van der Waals surface area contributed by atoms with E-state index >= 15 is 0 Å². The van der Waals surface area contributed by atoms with E-state index in [1.807, 2.05) is 12.1 Å². The summed E-state index contributed by atoms with van der Waals surface area (Å²) in [7, 11) is 0. The second-order valence-electron chi connectivity index (χ2n) is 3.34. The molecule has 0 spiro atoms. The van der Waals surface area contributed by atoms with Crippen molar-refractivity contribution in [3.63, 3.8) is 0 Å². The van der Waals surface area contributed by atoms with Gasteiger partial charge in [0, 0.05) is 18.2 Å². The lowest BCUT2D eigenvalue weighted by molar-refractivity contribution is 0.283. The van der Waals surface area contributed by atoms with Crippen LogP contribution in [-0.2, 0) is 0 Å². The molecule has 0 heterocycles. The first-order chi connectivity index (χ1) is 7.24. The first-order valence-corrected chi connectivity index (χ1v) is 5.79. The zero-order valence-corrected chi connectivity index (χ0v) is 9.98. The third-order valence-electron chi connectivity index (χ3n) is 2.08. The van der Waals surface area contributed by atoms with Gasteiger partial charge in [0.15, 0.2) is 0 Å². The van der Waals surface area contributed by atoms with Crippen LogP contribution in [0.3, 0.4) is 0 Å². The smallest absolute Gasteiger partial charge is 0.0652 e. The van der Waals surface area contributed by atoms with Crippen molar-refractivity contribution < 1.29 is 5.11 Å². The van der Waals surface area contributed by atoms with E-state index in [0.29, 0.717) is 10.0 Å². The molecule has 0 aromatic heterocycles. The number of benzene rings is 1. The van der Waals surface area contributed by atoms with E-state index in [0.717, 1.165) is 31.5 Å². The third kappa shape index (κ3) is 4.74. The summed E-state index contributed by atoms with van der Waals surface area (Å²) in [4.78, 5) is 0. The number of hydrogen-bond donors (Lipinski definition) is 2. The molecule has 0 aliphatic carbocycles. The Morgan fingerprint density at radius 3 is 2.60 bits per heavy atom. The average molecular weight is 248 g/mol. The van der Waals surface area contributed by atoms with Crippen molar-refractivity contribution in [1.82, 2.24) is 0 Å². The number of nitrogens with one attached hydrogen (secondary N) is 1. The number of hydrogen-bond acceptors (Lipinski definition) is 2. The summed E-state index contributed by atoms with van der Waals surface area (Å²) in [5.41, 5.74) is 0.907. The molecule has 15 heavy (non-hydrogen) atoms. The maximum absolute atomic E-state index is 8.60. The fourth-order valence-corrected chi connectivity index (χ4v) is 1.74. The summed E-state index contributed by atoms with van der Waals surface area (Å²) >= 11 is 11.8. The van der Waals surface area contributed by atoms with Crippen LogP contribution in [0.2, 0.25) is 10.0 Å². The zero-order valence-electron chi connectivity index (χ0n) is 8.47. The van der Waals surface area contributed by atoms with Crippen molar-refractivity contribution in [1.29, 1.82) is 0 Å². The van der Waals surface area contributed by atoms with Gasteiger partial charge in [0.1, 0.15) is 0 Å². The first kappa shape index (κ1) is 12.6. The summed E-state index contributed by atoms with van der Waals surface area (Å²) in [5, 5.41) is 13.1. The maximum Gasteiger partial charge on any atom is 0.0652 e. The molecule has 2 nitrogen and oxygen atoms in total. The van der Waals surface area contributed by atoms with Gasteiger partial charge in [-0.1, -0.05) is 23.2 Å². The Bertz CT molecular complexity index is 305. The monoisotopic (exact) mass is 247 g/mol. The molecule has 1 aromatic carbocycles. The van der Waals surface area contributed by atoms with E-state index < -0.39 is 0 Å². The number of rotatable bonds is 6. The van der Waals surface area contributed by atoms with Gasteiger partial charge in [-0.25, -0.2) is 0 Å². The lowest BCUT2D eigenvalue weighted by Gasteiger charge is -2.08. The van der Waals surface area contributed by atoms with Crippen molar-refractivity contribution in [2.75, 3.05) is 18.5 Å². The summed E-state index contributed by atoms with van der Waals surface area (Å²) < 4.78 is 0. The molecule has 0 radical (unpaired) electrons. The van der Waals surface area contributed by atoms with Crippen LogP contribution in [0, 0.1) is 0 Å². The fourth-order valence-electron chi connectivity index (χ4n) is 1.27. The molecule has 4 heteroatoms. The first-order valence-electron chi connectivity index (χ1n) is 5.04. The Hall–Kier alpha value is -0.440. The van der Waals surface area contributed by atoms with Gasteiger partial charge in [0.05, 0.1) is 10.7 Å². The SMILES string of the molecule is OCCCCCNc1ccc(Cl)cc1Cl. The molecule has 0 atom stereocenters. The van der Waals surface area contributed by atoms with Crippen molar-refractivity contribution >= 4 is 28.9 Å². The molecule has 84 valence electrons. The zero-order chi connectivity index (χ0) is 11.1. The van der Waals surface area contributed by atoms with Gasteiger partial charge in [-0.15, -0.1) is 0 Å². The fraction of sp³-hybridized carbons (Fsp3) is 0.455. The topological polar surface area (TPSA) is 32.3 Å². The van der Waals surface area contributed by atoms with Crippen LogP contribution in [0.1, 0.15) is 19.3 Å². The molecular weight excluding hydrogens is 233 g/mol. The van der Waals surface area contributed by atoms with Crippen LogP contribution in [0.4, 0.5) is 5.69 Å². The minimum atomic E-state index is 0.266. The molecule has 0 unspecified atom stereocenters. The maximum atomic E-state index is 8.60. The predicted molar refractivity (Wildman–Crippen MR) is 65.9 cm³/mol. The van der Waals surface area contributed by atoms with Gasteiger partial charge in [-0.05, 0) is 37.5 Å². The van der Waals surface area contributed by atoms with E-state index in [1.165, 1.54) is 0 Å². The molecule has 0 amide bonds. The van der Waals surface area contributed by atoms with Crippen LogP contribution < -0.4 is 5.32 Å². The summed E-state index contributed by atoms with van der Waals surface area (Å²) in [6, 6.07) is 5.40.